The number of nitrogens with one attached hydrogen (secondary N) is 1. The largest absolute Gasteiger partial charge is 0.396 e. The summed E-state index contributed by atoms with van der Waals surface area (Å²) in [5, 5.41) is 12.2. The lowest BCUT2D eigenvalue weighted by Crippen LogP contribution is -2.39. The Hall–Kier alpha value is -2.33. The molecule has 0 bridgehead atoms. The highest BCUT2D eigenvalue weighted by Gasteiger charge is 2.26. The Balaban J connectivity index is 1.61. The van der Waals surface area contributed by atoms with Crippen molar-refractivity contribution in [2.75, 3.05) is 19.7 Å². The quantitative estimate of drug-likeness (QED) is 0.905. The monoisotopic (exact) mass is 324 g/mol. The van der Waals surface area contributed by atoms with Crippen molar-refractivity contribution < 1.29 is 9.90 Å². The van der Waals surface area contributed by atoms with Gasteiger partial charge in [0, 0.05) is 25.6 Å². The highest BCUT2D eigenvalue weighted by atomic mass is 16.3. The summed E-state index contributed by atoms with van der Waals surface area (Å²) in [6.45, 7) is 3.51. The van der Waals surface area contributed by atoms with E-state index in [1.807, 2.05) is 25.1 Å². The Morgan fingerprint density at radius 1 is 1.17 bits per heavy atom. The maximum Gasteiger partial charge on any atom is 0.317 e. The van der Waals surface area contributed by atoms with E-state index in [4.69, 9.17) is 0 Å². The summed E-state index contributed by atoms with van der Waals surface area (Å²) in [6.07, 6.45) is 0.879. The maximum atomic E-state index is 12.3. The first-order valence-corrected chi connectivity index (χ1v) is 8.49. The van der Waals surface area contributed by atoms with Crippen LogP contribution in [0.15, 0.2) is 54.6 Å². The number of hydrogen-bond donors (Lipinski definition) is 2. The van der Waals surface area contributed by atoms with E-state index in [1.165, 1.54) is 11.1 Å². The zero-order chi connectivity index (χ0) is 16.9. The summed E-state index contributed by atoms with van der Waals surface area (Å²) < 4.78 is 0. The van der Waals surface area contributed by atoms with Gasteiger partial charge in [0.1, 0.15) is 0 Å². The van der Waals surface area contributed by atoms with Crippen molar-refractivity contribution in [3.8, 4) is 11.1 Å². The fourth-order valence-corrected chi connectivity index (χ4v) is 3.12. The van der Waals surface area contributed by atoms with E-state index in [1.54, 1.807) is 4.90 Å². The number of rotatable bonds is 4. The average molecular weight is 324 g/mol. The molecule has 0 aliphatic carbocycles. The van der Waals surface area contributed by atoms with Gasteiger partial charge in [-0.1, -0.05) is 54.6 Å². The molecular weight excluding hydrogens is 300 g/mol. The topological polar surface area (TPSA) is 52.6 Å². The molecule has 2 N–H and O–H groups in total. The SMILES string of the molecule is CC(NC(=O)N1CCC(CO)C1)c1ccc(-c2ccccc2)cc1. The standard InChI is InChI=1S/C20H24N2O2/c1-15(21-20(24)22-12-11-16(13-22)14-23)17-7-9-19(10-8-17)18-5-3-2-4-6-18/h2-10,15-16,23H,11-14H2,1H3,(H,21,24). The van der Waals surface area contributed by atoms with E-state index in [0.29, 0.717) is 6.54 Å². The summed E-state index contributed by atoms with van der Waals surface area (Å²) in [6, 6.07) is 18.5. The molecule has 1 saturated heterocycles. The number of likely N-dealkylation sites (tertiary alicyclic amines) is 1. The van der Waals surface area contributed by atoms with E-state index in [9.17, 15) is 9.90 Å². The number of nitrogens with zero attached hydrogens (tertiary/aromatic N) is 1. The first-order chi connectivity index (χ1) is 11.7. The van der Waals surface area contributed by atoms with Gasteiger partial charge in [0.25, 0.3) is 0 Å². The van der Waals surface area contributed by atoms with Crippen molar-refractivity contribution in [3.63, 3.8) is 0 Å². The molecule has 3 rings (SSSR count). The van der Waals surface area contributed by atoms with Crippen LogP contribution in [-0.4, -0.2) is 35.7 Å². The molecule has 2 amide bonds. The zero-order valence-corrected chi connectivity index (χ0v) is 14.0. The fourth-order valence-electron chi connectivity index (χ4n) is 3.12. The van der Waals surface area contributed by atoms with Crippen LogP contribution < -0.4 is 5.32 Å². The second-order valence-electron chi connectivity index (χ2n) is 6.44. The minimum atomic E-state index is -0.0504. The van der Waals surface area contributed by atoms with Gasteiger partial charge in [-0.2, -0.15) is 0 Å². The third kappa shape index (κ3) is 3.77. The first kappa shape index (κ1) is 16.5. The predicted octanol–water partition coefficient (Wildman–Crippen LogP) is 3.44. The minimum absolute atomic E-state index is 0.0458. The van der Waals surface area contributed by atoms with Gasteiger partial charge in [-0.05, 0) is 30.0 Å². The number of aliphatic hydroxyl groups excluding tert-OH is 1. The lowest BCUT2D eigenvalue weighted by Gasteiger charge is -2.21. The Bertz CT molecular complexity index is 670. The van der Waals surface area contributed by atoms with Crippen LogP contribution in [0.3, 0.4) is 0 Å². The van der Waals surface area contributed by atoms with Crippen LogP contribution >= 0.6 is 0 Å². The third-order valence-corrected chi connectivity index (χ3v) is 4.69. The van der Waals surface area contributed by atoms with Gasteiger partial charge in [0.2, 0.25) is 0 Å². The van der Waals surface area contributed by atoms with Crippen LogP contribution in [0.2, 0.25) is 0 Å². The van der Waals surface area contributed by atoms with Crippen LogP contribution in [0.4, 0.5) is 4.79 Å². The fraction of sp³-hybridized carbons (Fsp3) is 0.350. The molecule has 1 fully saturated rings. The summed E-state index contributed by atoms with van der Waals surface area (Å²) in [4.78, 5) is 14.1. The molecule has 2 aromatic rings. The molecule has 0 radical (unpaired) electrons. The van der Waals surface area contributed by atoms with Gasteiger partial charge >= 0.3 is 6.03 Å². The van der Waals surface area contributed by atoms with Crippen LogP contribution in [0, 0.1) is 5.92 Å². The van der Waals surface area contributed by atoms with E-state index < -0.39 is 0 Å². The number of benzene rings is 2. The van der Waals surface area contributed by atoms with Gasteiger partial charge in [-0.3, -0.25) is 0 Å². The molecule has 2 unspecified atom stereocenters. The minimum Gasteiger partial charge on any atom is -0.396 e. The highest BCUT2D eigenvalue weighted by Crippen LogP contribution is 2.22. The van der Waals surface area contributed by atoms with Crippen molar-refractivity contribution in [1.29, 1.82) is 0 Å². The summed E-state index contributed by atoms with van der Waals surface area (Å²) in [5.74, 6) is 0.219. The van der Waals surface area contributed by atoms with Crippen molar-refractivity contribution in [2.24, 2.45) is 5.92 Å². The summed E-state index contributed by atoms with van der Waals surface area (Å²) in [5.41, 5.74) is 3.44. The van der Waals surface area contributed by atoms with E-state index in [2.05, 4.69) is 41.7 Å². The van der Waals surface area contributed by atoms with Crippen molar-refractivity contribution in [2.45, 2.75) is 19.4 Å². The van der Waals surface area contributed by atoms with E-state index in [0.717, 1.165) is 18.5 Å². The normalized spacial score (nSPS) is 18.4. The zero-order valence-electron chi connectivity index (χ0n) is 14.0. The molecule has 4 heteroatoms. The molecule has 2 atom stereocenters. The van der Waals surface area contributed by atoms with E-state index in [-0.39, 0.29) is 24.6 Å². The van der Waals surface area contributed by atoms with Crippen LogP contribution in [-0.2, 0) is 0 Å². The molecule has 0 spiro atoms. The Kier molecular flexibility index (Phi) is 5.16. The van der Waals surface area contributed by atoms with E-state index >= 15 is 0 Å². The van der Waals surface area contributed by atoms with Gasteiger partial charge < -0.3 is 15.3 Å². The van der Waals surface area contributed by atoms with Crippen LogP contribution in [0.25, 0.3) is 11.1 Å². The molecule has 1 aliphatic rings. The summed E-state index contributed by atoms with van der Waals surface area (Å²) >= 11 is 0. The van der Waals surface area contributed by atoms with Gasteiger partial charge in [0.15, 0.2) is 0 Å². The number of hydrogen-bond acceptors (Lipinski definition) is 2. The molecule has 2 aromatic carbocycles. The molecule has 1 aliphatic heterocycles. The molecular formula is C20H24N2O2. The molecule has 4 nitrogen and oxygen atoms in total. The van der Waals surface area contributed by atoms with Crippen molar-refractivity contribution >= 4 is 6.03 Å². The second-order valence-corrected chi connectivity index (χ2v) is 6.44. The molecule has 24 heavy (non-hydrogen) atoms. The van der Waals surface area contributed by atoms with Gasteiger partial charge in [-0.15, -0.1) is 0 Å². The number of carbonyl (C=O) groups excluding carboxylic acids is 1. The smallest absolute Gasteiger partial charge is 0.317 e. The molecule has 0 saturated carbocycles. The lowest BCUT2D eigenvalue weighted by atomic mass is 10.0. The Labute approximate surface area is 143 Å². The van der Waals surface area contributed by atoms with Crippen molar-refractivity contribution in [1.82, 2.24) is 10.2 Å². The highest BCUT2D eigenvalue weighted by molar-refractivity contribution is 5.75. The third-order valence-electron chi connectivity index (χ3n) is 4.69. The number of aliphatic hydroxyl groups is 1. The summed E-state index contributed by atoms with van der Waals surface area (Å²) in [7, 11) is 0. The number of amides is 2. The Morgan fingerprint density at radius 3 is 2.46 bits per heavy atom. The van der Waals surface area contributed by atoms with Gasteiger partial charge in [0.05, 0.1) is 6.04 Å². The van der Waals surface area contributed by atoms with Crippen LogP contribution in [0.1, 0.15) is 24.9 Å². The first-order valence-electron chi connectivity index (χ1n) is 8.49. The predicted molar refractivity (Wildman–Crippen MR) is 95.6 cm³/mol. The molecule has 126 valence electrons. The van der Waals surface area contributed by atoms with Crippen LogP contribution in [0.5, 0.6) is 0 Å². The second kappa shape index (κ2) is 7.49. The number of carbonyl (C=O) groups is 1. The Morgan fingerprint density at radius 2 is 1.83 bits per heavy atom. The maximum absolute atomic E-state index is 12.3. The van der Waals surface area contributed by atoms with Crippen molar-refractivity contribution in [3.05, 3.63) is 60.2 Å². The number of urea groups is 1. The molecule has 1 heterocycles. The average Bonchev–Trinajstić information content (AvgIpc) is 3.12. The lowest BCUT2D eigenvalue weighted by molar-refractivity contribution is 0.195. The molecule has 0 aromatic heterocycles. The van der Waals surface area contributed by atoms with Gasteiger partial charge in [-0.25, -0.2) is 4.79 Å².